The molecule has 0 aliphatic carbocycles. The van der Waals surface area contributed by atoms with Gasteiger partial charge in [-0.05, 0) is 12.8 Å². The normalized spacial score (nSPS) is 12.2. The molecule has 0 saturated heterocycles. The minimum absolute atomic E-state index is 0.182. The van der Waals surface area contributed by atoms with Crippen LogP contribution in [0.25, 0.3) is 0 Å². The maximum absolute atomic E-state index is 5.41. The molecular formula is C5H5Cl2N. The van der Waals surface area contributed by atoms with Crippen LogP contribution in [-0.2, 0) is 0 Å². The van der Waals surface area contributed by atoms with Crippen molar-refractivity contribution in [3.8, 4) is 0 Å². The Hall–Kier alpha value is -0.270. The molecule has 0 fully saturated rings. The highest BCUT2D eigenvalue weighted by atomic mass is 35.5. The summed E-state index contributed by atoms with van der Waals surface area (Å²) in [6.07, 6.45) is 1.40. The van der Waals surface area contributed by atoms with Crippen molar-refractivity contribution in [3.63, 3.8) is 0 Å². The van der Waals surface area contributed by atoms with E-state index in [1.807, 2.05) is 0 Å². The van der Waals surface area contributed by atoms with Crippen LogP contribution in [0.3, 0.4) is 0 Å². The van der Waals surface area contributed by atoms with Crippen molar-refractivity contribution in [2.75, 3.05) is 0 Å². The van der Waals surface area contributed by atoms with E-state index in [1.54, 1.807) is 0 Å². The highest BCUT2D eigenvalue weighted by Crippen LogP contribution is 2.14. The molecule has 8 heavy (non-hydrogen) atoms. The number of halogens is 2. The van der Waals surface area contributed by atoms with Crippen LogP contribution in [0.5, 0.6) is 0 Å². The molecule has 0 aromatic heterocycles. The SMILES string of the molecule is C=C/C(Cl)=C(/Cl)N=C. The molecule has 0 aliphatic heterocycles. The van der Waals surface area contributed by atoms with Crippen molar-refractivity contribution >= 4 is 29.9 Å². The lowest BCUT2D eigenvalue weighted by Crippen LogP contribution is -1.65. The summed E-state index contributed by atoms with van der Waals surface area (Å²) in [5, 5.41) is 0.503. The first kappa shape index (κ1) is 7.73. The zero-order valence-corrected chi connectivity index (χ0v) is 5.71. The van der Waals surface area contributed by atoms with Crippen molar-refractivity contribution in [2.45, 2.75) is 0 Å². The molecule has 0 amide bonds. The Labute approximate surface area is 58.3 Å². The zero-order chi connectivity index (χ0) is 6.57. The highest BCUT2D eigenvalue weighted by Gasteiger charge is 1.89. The minimum Gasteiger partial charge on any atom is -0.251 e. The van der Waals surface area contributed by atoms with Gasteiger partial charge in [-0.15, -0.1) is 0 Å². The van der Waals surface area contributed by atoms with Crippen LogP contribution < -0.4 is 0 Å². The summed E-state index contributed by atoms with van der Waals surface area (Å²) in [6.45, 7) is 6.53. The monoisotopic (exact) mass is 149 g/mol. The van der Waals surface area contributed by atoms with E-state index in [-0.39, 0.29) is 5.16 Å². The van der Waals surface area contributed by atoms with Gasteiger partial charge in [0.15, 0.2) is 0 Å². The molecule has 0 atom stereocenters. The summed E-state index contributed by atoms with van der Waals surface area (Å²) in [5.41, 5.74) is 0. The minimum atomic E-state index is 0.182. The number of hydrogen-bond acceptors (Lipinski definition) is 1. The molecular weight excluding hydrogens is 145 g/mol. The van der Waals surface area contributed by atoms with Gasteiger partial charge in [-0.25, -0.2) is 0 Å². The molecule has 0 aromatic rings. The van der Waals surface area contributed by atoms with E-state index < -0.39 is 0 Å². The quantitative estimate of drug-likeness (QED) is 0.325. The van der Waals surface area contributed by atoms with E-state index in [4.69, 9.17) is 23.2 Å². The molecule has 44 valence electrons. The van der Waals surface area contributed by atoms with Gasteiger partial charge in [-0.3, -0.25) is 4.99 Å². The standard InChI is InChI=1S/C5H5Cl2N/c1-3-4(6)5(7)8-2/h3H,1-2H2/b5-4+. The molecule has 0 radical (unpaired) electrons. The van der Waals surface area contributed by atoms with Crippen molar-refractivity contribution in [1.82, 2.24) is 0 Å². The number of allylic oxidation sites excluding steroid dienone is 2. The summed E-state index contributed by atoms with van der Waals surface area (Å²) in [4.78, 5) is 3.35. The average Bonchev–Trinajstić information content (AvgIpc) is 1.84. The summed E-state index contributed by atoms with van der Waals surface area (Å²) in [7, 11) is 0. The van der Waals surface area contributed by atoms with E-state index in [1.165, 1.54) is 6.08 Å². The van der Waals surface area contributed by atoms with Crippen LogP contribution in [0.1, 0.15) is 0 Å². The zero-order valence-electron chi connectivity index (χ0n) is 4.19. The number of rotatable bonds is 2. The van der Waals surface area contributed by atoms with Crippen molar-refractivity contribution < 1.29 is 0 Å². The first-order valence-electron chi connectivity index (χ1n) is 1.86. The largest absolute Gasteiger partial charge is 0.251 e. The highest BCUT2D eigenvalue weighted by molar-refractivity contribution is 6.40. The van der Waals surface area contributed by atoms with E-state index >= 15 is 0 Å². The molecule has 0 heterocycles. The molecule has 0 bridgehead atoms. The molecule has 0 saturated carbocycles. The topological polar surface area (TPSA) is 12.4 Å². The van der Waals surface area contributed by atoms with E-state index in [0.29, 0.717) is 5.03 Å². The molecule has 0 N–H and O–H groups in total. The molecule has 0 aliphatic rings. The van der Waals surface area contributed by atoms with Crippen molar-refractivity contribution in [2.24, 2.45) is 4.99 Å². The third-order valence-electron chi connectivity index (χ3n) is 0.515. The fraction of sp³-hybridized carbons (Fsp3) is 0. The van der Waals surface area contributed by atoms with Crippen molar-refractivity contribution in [3.05, 3.63) is 22.8 Å². The lowest BCUT2D eigenvalue weighted by atomic mass is 10.6. The van der Waals surface area contributed by atoms with Crippen LogP contribution >= 0.6 is 23.2 Å². The Morgan fingerprint density at radius 1 is 1.50 bits per heavy atom. The van der Waals surface area contributed by atoms with Crippen LogP contribution in [-0.4, -0.2) is 6.72 Å². The van der Waals surface area contributed by atoms with Crippen LogP contribution in [0.15, 0.2) is 27.8 Å². The second kappa shape index (κ2) is 3.70. The van der Waals surface area contributed by atoms with Gasteiger partial charge in [0.1, 0.15) is 5.16 Å². The maximum Gasteiger partial charge on any atom is 0.146 e. The average molecular weight is 150 g/mol. The third-order valence-corrected chi connectivity index (χ3v) is 1.27. The maximum atomic E-state index is 5.41. The van der Waals surface area contributed by atoms with Crippen LogP contribution in [0.2, 0.25) is 0 Å². The summed E-state index contributed by atoms with van der Waals surface area (Å²) < 4.78 is 0. The number of nitrogens with zero attached hydrogens (tertiary/aromatic N) is 1. The molecule has 0 spiro atoms. The Balaban J connectivity index is 4.25. The second-order valence-corrected chi connectivity index (χ2v) is 1.77. The number of aliphatic imine (C=N–C) groups is 1. The fourth-order valence-corrected chi connectivity index (χ4v) is 0.297. The molecule has 0 aromatic carbocycles. The third kappa shape index (κ3) is 2.15. The summed E-state index contributed by atoms with van der Waals surface area (Å²) in [6, 6.07) is 0. The van der Waals surface area contributed by atoms with Gasteiger partial charge in [0.25, 0.3) is 0 Å². The van der Waals surface area contributed by atoms with Gasteiger partial charge in [-0.2, -0.15) is 0 Å². The molecule has 0 unspecified atom stereocenters. The lowest BCUT2D eigenvalue weighted by Gasteiger charge is -1.86. The van der Waals surface area contributed by atoms with Gasteiger partial charge < -0.3 is 0 Å². The van der Waals surface area contributed by atoms with Gasteiger partial charge in [0.2, 0.25) is 0 Å². The van der Waals surface area contributed by atoms with Gasteiger partial charge in [0.05, 0.1) is 5.03 Å². The summed E-state index contributed by atoms with van der Waals surface area (Å²) in [5.74, 6) is 0. The van der Waals surface area contributed by atoms with Gasteiger partial charge >= 0.3 is 0 Å². The smallest absolute Gasteiger partial charge is 0.146 e. The van der Waals surface area contributed by atoms with Crippen LogP contribution in [0.4, 0.5) is 0 Å². The van der Waals surface area contributed by atoms with E-state index in [2.05, 4.69) is 18.3 Å². The van der Waals surface area contributed by atoms with Crippen LogP contribution in [0, 0.1) is 0 Å². The Bertz CT molecular complexity index is 121. The Morgan fingerprint density at radius 2 is 2.00 bits per heavy atom. The lowest BCUT2D eigenvalue weighted by molar-refractivity contribution is 1.53. The predicted octanol–water partition coefficient (Wildman–Crippen LogP) is 2.52. The van der Waals surface area contributed by atoms with E-state index in [0.717, 1.165) is 0 Å². The molecule has 3 heteroatoms. The molecule has 1 nitrogen and oxygen atoms in total. The fourth-order valence-electron chi connectivity index (χ4n) is 0.160. The summed E-state index contributed by atoms with van der Waals surface area (Å²) >= 11 is 10.8. The first-order chi connectivity index (χ1) is 3.72. The van der Waals surface area contributed by atoms with Gasteiger partial charge in [0, 0.05) is 0 Å². The number of hydrogen-bond donors (Lipinski definition) is 0. The Morgan fingerprint density at radius 3 is 2.12 bits per heavy atom. The van der Waals surface area contributed by atoms with Crippen molar-refractivity contribution in [1.29, 1.82) is 0 Å². The van der Waals surface area contributed by atoms with Gasteiger partial charge in [-0.1, -0.05) is 29.8 Å². The predicted molar refractivity (Wildman–Crippen MR) is 38.5 cm³/mol. The Kier molecular flexibility index (Phi) is 3.57. The molecule has 0 rings (SSSR count). The second-order valence-electron chi connectivity index (χ2n) is 1.00. The first-order valence-corrected chi connectivity index (χ1v) is 2.62. The van der Waals surface area contributed by atoms with E-state index in [9.17, 15) is 0 Å².